The van der Waals surface area contributed by atoms with E-state index in [4.69, 9.17) is 0 Å². The van der Waals surface area contributed by atoms with Crippen molar-refractivity contribution in [3.63, 3.8) is 0 Å². The van der Waals surface area contributed by atoms with Crippen molar-refractivity contribution in [1.29, 1.82) is 0 Å². The van der Waals surface area contributed by atoms with Gasteiger partial charge in [0.1, 0.15) is 0 Å². The minimum atomic E-state index is 0.249. The molecule has 1 aromatic rings. The number of anilines is 1. The van der Waals surface area contributed by atoms with E-state index in [0.717, 1.165) is 31.2 Å². The van der Waals surface area contributed by atoms with Gasteiger partial charge in [0.05, 0.1) is 5.92 Å². The normalized spacial score (nSPS) is 30.9. The van der Waals surface area contributed by atoms with E-state index in [1.54, 1.807) is 0 Å². The molecule has 2 saturated heterocycles. The van der Waals surface area contributed by atoms with Gasteiger partial charge in [-0.25, -0.2) is 0 Å². The van der Waals surface area contributed by atoms with Crippen molar-refractivity contribution in [2.75, 3.05) is 31.1 Å². The molecular weight excluding hydrogens is 236 g/mol. The monoisotopic (exact) mass is 256 g/mol. The highest BCUT2D eigenvalue weighted by Gasteiger charge is 2.47. The van der Waals surface area contributed by atoms with Gasteiger partial charge < -0.3 is 9.80 Å². The predicted octanol–water partition coefficient (Wildman–Crippen LogP) is 1.99. The Morgan fingerprint density at radius 3 is 2.53 bits per heavy atom. The molecule has 0 unspecified atom stereocenters. The quantitative estimate of drug-likeness (QED) is 0.825. The average molecular weight is 256 g/mol. The van der Waals surface area contributed by atoms with E-state index in [0.29, 0.717) is 11.8 Å². The first-order valence-corrected chi connectivity index (χ1v) is 7.40. The van der Waals surface area contributed by atoms with Gasteiger partial charge in [-0.1, -0.05) is 18.2 Å². The number of para-hydroxylation sites is 1. The second-order valence-electron chi connectivity index (χ2n) is 6.31. The van der Waals surface area contributed by atoms with E-state index in [-0.39, 0.29) is 5.92 Å². The Bertz CT molecular complexity index is 483. The Morgan fingerprint density at radius 1 is 1.05 bits per heavy atom. The van der Waals surface area contributed by atoms with Gasteiger partial charge in [0.25, 0.3) is 0 Å². The summed E-state index contributed by atoms with van der Waals surface area (Å²) in [5.74, 6) is 2.07. The number of rotatable bonds is 3. The van der Waals surface area contributed by atoms with Crippen LogP contribution in [0.3, 0.4) is 0 Å². The summed E-state index contributed by atoms with van der Waals surface area (Å²) < 4.78 is 0. The third kappa shape index (κ3) is 2.06. The molecule has 3 nitrogen and oxygen atoms in total. The third-order valence-corrected chi connectivity index (χ3v) is 4.80. The molecule has 100 valence electrons. The molecule has 1 saturated carbocycles. The summed E-state index contributed by atoms with van der Waals surface area (Å²) in [6.45, 7) is 4.25. The van der Waals surface area contributed by atoms with Crippen LogP contribution in [0.4, 0.5) is 5.69 Å². The van der Waals surface area contributed by atoms with Crippen LogP contribution in [0.5, 0.6) is 0 Å². The number of carbonyl (C=O) groups excluding carboxylic acids is 1. The number of carbonyl (C=O) groups is 1. The first kappa shape index (κ1) is 11.5. The number of amides is 1. The molecular formula is C16H20N2O. The average Bonchev–Trinajstić information content (AvgIpc) is 3.07. The van der Waals surface area contributed by atoms with Crippen LogP contribution >= 0.6 is 0 Å². The molecule has 0 radical (unpaired) electrons. The predicted molar refractivity (Wildman–Crippen MR) is 74.9 cm³/mol. The Balaban J connectivity index is 1.46. The molecule has 0 spiro atoms. The maximum atomic E-state index is 12.5. The first-order valence-electron chi connectivity index (χ1n) is 7.40. The Hall–Kier alpha value is -1.35. The van der Waals surface area contributed by atoms with Crippen LogP contribution in [0, 0.1) is 17.8 Å². The molecule has 3 heteroatoms. The van der Waals surface area contributed by atoms with Gasteiger partial charge in [0, 0.05) is 37.8 Å². The smallest absolute Gasteiger partial charge is 0.231 e. The maximum absolute atomic E-state index is 12.5. The number of nitrogens with zero attached hydrogens (tertiary/aromatic N) is 2. The Kier molecular flexibility index (Phi) is 2.62. The molecule has 3 fully saturated rings. The van der Waals surface area contributed by atoms with Gasteiger partial charge in [-0.15, -0.1) is 0 Å². The van der Waals surface area contributed by atoms with Crippen molar-refractivity contribution in [2.45, 2.75) is 12.8 Å². The molecule has 0 bridgehead atoms. The maximum Gasteiger partial charge on any atom is 0.231 e. The molecule has 19 heavy (non-hydrogen) atoms. The van der Waals surface area contributed by atoms with Crippen LogP contribution in [-0.2, 0) is 4.79 Å². The van der Waals surface area contributed by atoms with Crippen molar-refractivity contribution in [2.24, 2.45) is 17.8 Å². The Morgan fingerprint density at radius 2 is 1.84 bits per heavy atom. The molecule has 1 amide bonds. The molecule has 0 N–H and O–H groups in total. The highest BCUT2D eigenvalue weighted by atomic mass is 16.2. The van der Waals surface area contributed by atoms with Gasteiger partial charge in [0.15, 0.2) is 0 Å². The van der Waals surface area contributed by atoms with Crippen molar-refractivity contribution in [3.8, 4) is 0 Å². The SMILES string of the molecule is O=C1[C@@H]2CN(CC3CC3)C[C@H]2CN1c1ccccc1. The van der Waals surface area contributed by atoms with Crippen LogP contribution in [-0.4, -0.2) is 37.0 Å². The molecule has 3 aliphatic rings. The van der Waals surface area contributed by atoms with E-state index in [1.807, 2.05) is 35.2 Å². The summed E-state index contributed by atoms with van der Waals surface area (Å²) in [6, 6.07) is 10.1. The van der Waals surface area contributed by atoms with E-state index < -0.39 is 0 Å². The fraction of sp³-hybridized carbons (Fsp3) is 0.562. The standard InChI is InChI=1S/C16H20N2O/c19-16-15-11-17(8-12-6-7-12)9-13(15)10-18(16)14-4-2-1-3-5-14/h1-5,12-13,15H,6-11H2/t13-,15+/m0/s1. The Labute approximate surface area is 114 Å². The van der Waals surface area contributed by atoms with Crippen LogP contribution in [0.2, 0.25) is 0 Å². The fourth-order valence-electron chi connectivity index (χ4n) is 3.61. The van der Waals surface area contributed by atoms with Gasteiger partial charge in [-0.2, -0.15) is 0 Å². The lowest BCUT2D eigenvalue weighted by molar-refractivity contribution is -0.120. The molecule has 4 rings (SSSR count). The highest BCUT2D eigenvalue weighted by molar-refractivity contribution is 5.98. The second kappa shape index (κ2) is 4.34. The van der Waals surface area contributed by atoms with Crippen molar-refractivity contribution in [1.82, 2.24) is 4.90 Å². The highest BCUT2D eigenvalue weighted by Crippen LogP contribution is 2.37. The number of benzene rings is 1. The molecule has 1 aromatic carbocycles. The molecule has 2 atom stereocenters. The van der Waals surface area contributed by atoms with E-state index in [2.05, 4.69) is 4.90 Å². The number of fused-ring (bicyclic) bond motifs is 1. The van der Waals surface area contributed by atoms with Crippen LogP contribution < -0.4 is 4.90 Å². The number of hydrogen-bond donors (Lipinski definition) is 0. The van der Waals surface area contributed by atoms with Gasteiger partial charge in [-0.05, 0) is 30.9 Å². The van der Waals surface area contributed by atoms with Gasteiger partial charge in [-0.3, -0.25) is 4.79 Å². The van der Waals surface area contributed by atoms with Crippen molar-refractivity contribution in [3.05, 3.63) is 30.3 Å². The minimum absolute atomic E-state index is 0.249. The minimum Gasteiger partial charge on any atom is -0.312 e. The lowest BCUT2D eigenvalue weighted by atomic mass is 10.0. The van der Waals surface area contributed by atoms with Crippen LogP contribution in [0.25, 0.3) is 0 Å². The van der Waals surface area contributed by atoms with E-state index in [9.17, 15) is 4.79 Å². The zero-order valence-corrected chi connectivity index (χ0v) is 11.2. The largest absolute Gasteiger partial charge is 0.312 e. The summed E-state index contributed by atoms with van der Waals surface area (Å²) in [7, 11) is 0. The molecule has 0 aromatic heterocycles. The summed E-state index contributed by atoms with van der Waals surface area (Å²) in [5.41, 5.74) is 1.07. The first-order chi connectivity index (χ1) is 9.31. The van der Waals surface area contributed by atoms with E-state index in [1.165, 1.54) is 19.4 Å². The second-order valence-corrected chi connectivity index (χ2v) is 6.31. The number of likely N-dealkylation sites (tertiary alicyclic amines) is 1. The molecule has 1 aliphatic carbocycles. The topological polar surface area (TPSA) is 23.6 Å². The van der Waals surface area contributed by atoms with Gasteiger partial charge >= 0.3 is 0 Å². The van der Waals surface area contributed by atoms with Crippen molar-refractivity contribution < 1.29 is 4.79 Å². The summed E-state index contributed by atoms with van der Waals surface area (Å²) in [5, 5.41) is 0. The lowest BCUT2D eigenvalue weighted by Gasteiger charge is -2.21. The fourth-order valence-corrected chi connectivity index (χ4v) is 3.61. The zero-order valence-electron chi connectivity index (χ0n) is 11.2. The van der Waals surface area contributed by atoms with E-state index >= 15 is 0 Å². The van der Waals surface area contributed by atoms with Crippen molar-refractivity contribution >= 4 is 11.6 Å². The molecule has 2 aliphatic heterocycles. The van der Waals surface area contributed by atoms with Crippen LogP contribution in [0.1, 0.15) is 12.8 Å². The zero-order chi connectivity index (χ0) is 12.8. The third-order valence-electron chi connectivity index (χ3n) is 4.80. The molecule has 2 heterocycles. The van der Waals surface area contributed by atoms with Gasteiger partial charge in [0.2, 0.25) is 5.91 Å². The summed E-state index contributed by atoms with van der Waals surface area (Å²) in [6.07, 6.45) is 2.80. The summed E-state index contributed by atoms with van der Waals surface area (Å²) >= 11 is 0. The van der Waals surface area contributed by atoms with Crippen LogP contribution in [0.15, 0.2) is 30.3 Å². The number of hydrogen-bond acceptors (Lipinski definition) is 2. The lowest BCUT2D eigenvalue weighted by Crippen LogP contribution is -2.33. The summed E-state index contributed by atoms with van der Waals surface area (Å²) in [4.78, 5) is 17.0.